The Labute approximate surface area is 175 Å². The first-order chi connectivity index (χ1) is 14.4. The van der Waals surface area contributed by atoms with Crippen LogP contribution in [0.2, 0.25) is 0 Å². The molecule has 3 amide bonds. The standard InChI is InChI=1S/C22H27N3O5/c1-16(2)12-13-23-22(28)25-20(26)14-30-21(27)15-29-19-10-8-18(9-11-19)24-17-6-4-3-5-7-17/h3-11,16,24H,12-15H2,1-2H3,(H2,23,25,26,28). The smallest absolute Gasteiger partial charge is 0.344 e. The van der Waals surface area contributed by atoms with Gasteiger partial charge in [0.25, 0.3) is 5.91 Å². The van der Waals surface area contributed by atoms with E-state index < -0.39 is 24.5 Å². The molecule has 0 saturated heterocycles. The second-order valence-corrected chi connectivity index (χ2v) is 6.95. The highest BCUT2D eigenvalue weighted by Gasteiger charge is 2.11. The molecule has 0 unspecified atom stereocenters. The summed E-state index contributed by atoms with van der Waals surface area (Å²) in [5.74, 6) is -0.489. The minimum absolute atomic E-state index is 0.348. The maximum Gasteiger partial charge on any atom is 0.344 e. The average Bonchev–Trinajstić information content (AvgIpc) is 2.72. The molecular weight excluding hydrogens is 386 g/mol. The summed E-state index contributed by atoms with van der Waals surface area (Å²) in [6.45, 7) is 3.62. The first-order valence-electron chi connectivity index (χ1n) is 9.70. The maximum atomic E-state index is 11.7. The normalized spacial score (nSPS) is 10.2. The monoisotopic (exact) mass is 413 g/mol. The molecule has 0 aliphatic carbocycles. The van der Waals surface area contributed by atoms with Crippen molar-refractivity contribution in [2.75, 3.05) is 25.1 Å². The van der Waals surface area contributed by atoms with Gasteiger partial charge in [0.2, 0.25) is 0 Å². The van der Waals surface area contributed by atoms with E-state index in [9.17, 15) is 14.4 Å². The Morgan fingerprint density at radius 2 is 1.57 bits per heavy atom. The number of hydrogen-bond acceptors (Lipinski definition) is 6. The third kappa shape index (κ3) is 9.09. The summed E-state index contributed by atoms with van der Waals surface area (Å²) < 4.78 is 10.2. The zero-order valence-electron chi connectivity index (χ0n) is 17.1. The van der Waals surface area contributed by atoms with Crippen molar-refractivity contribution in [1.82, 2.24) is 10.6 Å². The van der Waals surface area contributed by atoms with E-state index >= 15 is 0 Å². The molecule has 0 fully saturated rings. The molecule has 0 aliphatic heterocycles. The van der Waals surface area contributed by atoms with E-state index in [1.165, 1.54) is 0 Å². The van der Waals surface area contributed by atoms with E-state index in [2.05, 4.69) is 16.0 Å². The number of rotatable bonds is 10. The summed E-state index contributed by atoms with van der Waals surface area (Å²) in [6, 6.07) is 16.2. The third-order valence-corrected chi connectivity index (χ3v) is 3.90. The highest BCUT2D eigenvalue weighted by atomic mass is 16.6. The van der Waals surface area contributed by atoms with Crippen molar-refractivity contribution >= 4 is 29.3 Å². The Kier molecular flexibility index (Phi) is 9.18. The molecule has 0 aromatic heterocycles. The van der Waals surface area contributed by atoms with Crippen LogP contribution in [-0.4, -0.2) is 37.7 Å². The zero-order valence-corrected chi connectivity index (χ0v) is 17.1. The lowest BCUT2D eigenvalue weighted by Crippen LogP contribution is -2.42. The lowest BCUT2D eigenvalue weighted by Gasteiger charge is -2.10. The highest BCUT2D eigenvalue weighted by molar-refractivity contribution is 5.95. The van der Waals surface area contributed by atoms with Crippen LogP contribution in [0.5, 0.6) is 5.75 Å². The van der Waals surface area contributed by atoms with Crippen LogP contribution in [0.15, 0.2) is 54.6 Å². The Hall–Kier alpha value is -3.55. The largest absolute Gasteiger partial charge is 0.482 e. The molecule has 2 aromatic rings. The summed E-state index contributed by atoms with van der Waals surface area (Å²) in [5, 5.41) is 7.89. The van der Waals surface area contributed by atoms with E-state index in [1.54, 1.807) is 12.1 Å². The summed E-state index contributed by atoms with van der Waals surface area (Å²) in [5.41, 5.74) is 1.83. The van der Waals surface area contributed by atoms with Crippen molar-refractivity contribution < 1.29 is 23.9 Å². The van der Waals surface area contributed by atoms with Gasteiger partial charge in [-0.3, -0.25) is 10.1 Å². The molecule has 0 heterocycles. The molecule has 8 heteroatoms. The van der Waals surface area contributed by atoms with E-state index in [1.807, 2.05) is 56.3 Å². The van der Waals surface area contributed by atoms with Gasteiger partial charge in [-0.05, 0) is 48.7 Å². The number of anilines is 2. The second kappa shape index (κ2) is 12.1. The molecule has 0 aliphatic rings. The lowest BCUT2D eigenvalue weighted by molar-refractivity contribution is -0.150. The number of amides is 3. The fourth-order valence-electron chi connectivity index (χ4n) is 2.33. The number of hydrogen-bond donors (Lipinski definition) is 3. The molecule has 0 bridgehead atoms. The van der Waals surface area contributed by atoms with Gasteiger partial charge in [0.05, 0.1) is 0 Å². The quantitative estimate of drug-likeness (QED) is 0.517. The highest BCUT2D eigenvalue weighted by Crippen LogP contribution is 2.19. The first-order valence-corrected chi connectivity index (χ1v) is 9.70. The zero-order chi connectivity index (χ0) is 21.8. The number of para-hydroxylation sites is 1. The van der Waals surface area contributed by atoms with Gasteiger partial charge in [0, 0.05) is 17.9 Å². The summed E-state index contributed by atoms with van der Waals surface area (Å²) in [6.07, 6.45) is 0.803. The fourth-order valence-corrected chi connectivity index (χ4v) is 2.33. The lowest BCUT2D eigenvalue weighted by atomic mass is 10.1. The number of carbonyl (C=O) groups excluding carboxylic acids is 3. The van der Waals surface area contributed by atoms with Crippen LogP contribution in [0.4, 0.5) is 16.2 Å². The van der Waals surface area contributed by atoms with Gasteiger partial charge in [-0.15, -0.1) is 0 Å². The van der Waals surface area contributed by atoms with Crippen molar-refractivity contribution in [1.29, 1.82) is 0 Å². The van der Waals surface area contributed by atoms with E-state index in [4.69, 9.17) is 9.47 Å². The first kappa shape index (κ1) is 22.7. The summed E-state index contributed by atoms with van der Waals surface area (Å²) in [7, 11) is 0. The Balaban J connectivity index is 1.64. The summed E-state index contributed by atoms with van der Waals surface area (Å²) in [4.78, 5) is 34.9. The van der Waals surface area contributed by atoms with Crippen LogP contribution in [-0.2, 0) is 14.3 Å². The van der Waals surface area contributed by atoms with Crippen molar-refractivity contribution in [2.24, 2.45) is 5.92 Å². The summed E-state index contributed by atoms with van der Waals surface area (Å²) >= 11 is 0. The van der Waals surface area contributed by atoms with Gasteiger partial charge in [-0.1, -0.05) is 32.0 Å². The molecule has 2 aromatic carbocycles. The molecule has 8 nitrogen and oxygen atoms in total. The van der Waals surface area contributed by atoms with Crippen LogP contribution < -0.4 is 20.7 Å². The predicted molar refractivity (Wildman–Crippen MR) is 114 cm³/mol. The van der Waals surface area contributed by atoms with Gasteiger partial charge in [-0.25, -0.2) is 9.59 Å². The maximum absolute atomic E-state index is 11.7. The van der Waals surface area contributed by atoms with Gasteiger partial charge in [-0.2, -0.15) is 0 Å². The van der Waals surface area contributed by atoms with Crippen LogP contribution in [0.25, 0.3) is 0 Å². The number of esters is 1. The Morgan fingerprint density at radius 3 is 2.23 bits per heavy atom. The minimum Gasteiger partial charge on any atom is -0.482 e. The SMILES string of the molecule is CC(C)CCNC(=O)NC(=O)COC(=O)COc1ccc(Nc2ccccc2)cc1. The molecule has 3 N–H and O–H groups in total. The van der Waals surface area contributed by atoms with Crippen molar-refractivity contribution in [3.63, 3.8) is 0 Å². The molecule has 2 rings (SSSR count). The van der Waals surface area contributed by atoms with Gasteiger partial charge >= 0.3 is 12.0 Å². The number of urea groups is 1. The molecule has 0 saturated carbocycles. The van der Waals surface area contributed by atoms with E-state index in [0.29, 0.717) is 18.2 Å². The minimum atomic E-state index is -0.711. The van der Waals surface area contributed by atoms with Crippen LogP contribution in [0.1, 0.15) is 20.3 Å². The number of nitrogens with one attached hydrogen (secondary N) is 3. The van der Waals surface area contributed by atoms with Crippen molar-refractivity contribution in [3.05, 3.63) is 54.6 Å². The van der Waals surface area contributed by atoms with Crippen molar-refractivity contribution in [3.8, 4) is 5.75 Å². The van der Waals surface area contributed by atoms with E-state index in [0.717, 1.165) is 17.8 Å². The second-order valence-electron chi connectivity index (χ2n) is 6.95. The van der Waals surface area contributed by atoms with Crippen LogP contribution in [0, 0.1) is 5.92 Å². The average molecular weight is 413 g/mol. The van der Waals surface area contributed by atoms with Crippen molar-refractivity contribution in [2.45, 2.75) is 20.3 Å². The van der Waals surface area contributed by atoms with Gasteiger partial charge in [0.1, 0.15) is 5.75 Å². The number of imide groups is 1. The molecule has 0 radical (unpaired) electrons. The molecular formula is C22H27N3O5. The van der Waals surface area contributed by atoms with E-state index in [-0.39, 0.29) is 6.61 Å². The van der Waals surface area contributed by atoms with Crippen LogP contribution >= 0.6 is 0 Å². The van der Waals surface area contributed by atoms with Crippen LogP contribution in [0.3, 0.4) is 0 Å². The molecule has 0 spiro atoms. The Bertz CT molecular complexity index is 822. The number of benzene rings is 2. The predicted octanol–water partition coefficient (Wildman–Crippen LogP) is 3.22. The topological polar surface area (TPSA) is 106 Å². The van der Waals surface area contributed by atoms with Gasteiger partial charge < -0.3 is 20.1 Å². The number of ether oxygens (including phenoxy) is 2. The third-order valence-electron chi connectivity index (χ3n) is 3.90. The Morgan fingerprint density at radius 1 is 0.900 bits per heavy atom. The fraction of sp³-hybridized carbons (Fsp3) is 0.318. The molecule has 160 valence electrons. The van der Waals surface area contributed by atoms with Gasteiger partial charge in [0.15, 0.2) is 13.2 Å². The molecule has 30 heavy (non-hydrogen) atoms. The number of carbonyl (C=O) groups is 3. The molecule has 0 atom stereocenters.